The topological polar surface area (TPSA) is 115 Å². The number of alkyl halides is 3. The van der Waals surface area contributed by atoms with Crippen LogP contribution in [0, 0.1) is 0 Å². The molecule has 0 aliphatic rings. The minimum Gasteiger partial charge on any atom is -0.456 e. The number of thiophene rings is 1. The molecular weight excluding hydrogens is 613 g/mol. The van der Waals surface area contributed by atoms with Gasteiger partial charge in [-0.2, -0.15) is 0 Å². The molecule has 0 spiro atoms. The van der Waals surface area contributed by atoms with Crippen LogP contribution in [0.1, 0.15) is 0 Å². The van der Waals surface area contributed by atoms with Gasteiger partial charge in [0, 0.05) is 10.9 Å². The van der Waals surface area contributed by atoms with Gasteiger partial charge in [-0.1, -0.05) is 29.8 Å². The molecule has 2 heterocycles. The number of hydrogen-bond acceptors (Lipinski definition) is 7. The quantitative estimate of drug-likeness (QED) is 0.186. The summed E-state index contributed by atoms with van der Waals surface area (Å²) < 4.78 is 104. The molecule has 2 N–H and O–H groups in total. The third kappa shape index (κ3) is 6.20. The summed E-state index contributed by atoms with van der Waals surface area (Å²) in [6.07, 6.45) is -4.95. The van der Waals surface area contributed by atoms with Gasteiger partial charge in [0.15, 0.2) is 0 Å². The Balaban J connectivity index is 1.53. The molecule has 5 rings (SSSR count). The standard InChI is InChI=1S/C25H16ClF3N2O6S3/c26-23-11-12-24(38-23)40(34,35)30-19-10-5-16(22-14-15-3-1-2-4-21(15)36-22)13-20(19)31-39(32,33)18-8-6-17(7-9-18)37-25(27,28)29/h1-14,30-31H. The van der Waals surface area contributed by atoms with Gasteiger partial charge < -0.3 is 9.15 Å². The normalized spacial score (nSPS) is 12.4. The van der Waals surface area contributed by atoms with E-state index in [1.54, 1.807) is 18.2 Å². The number of benzene rings is 3. The average molecular weight is 629 g/mol. The van der Waals surface area contributed by atoms with Gasteiger partial charge >= 0.3 is 6.36 Å². The average Bonchev–Trinajstić information content (AvgIpc) is 3.51. The van der Waals surface area contributed by atoms with Gasteiger partial charge in [-0.05, 0) is 66.7 Å². The maximum absolute atomic E-state index is 13.2. The summed E-state index contributed by atoms with van der Waals surface area (Å²) in [5.74, 6) is -0.226. The Morgan fingerprint density at radius 3 is 2.15 bits per heavy atom. The summed E-state index contributed by atoms with van der Waals surface area (Å²) in [4.78, 5) is -0.394. The number of halogens is 4. The first-order valence-electron chi connectivity index (χ1n) is 11.1. The highest BCUT2D eigenvalue weighted by molar-refractivity contribution is 7.94. The lowest BCUT2D eigenvalue weighted by atomic mass is 10.1. The minimum absolute atomic E-state index is 0.104. The fourth-order valence-electron chi connectivity index (χ4n) is 3.66. The Kier molecular flexibility index (Phi) is 7.20. The molecule has 15 heteroatoms. The second kappa shape index (κ2) is 10.4. The Labute approximate surface area is 235 Å². The van der Waals surface area contributed by atoms with Crippen molar-refractivity contribution in [3.8, 4) is 17.1 Å². The molecular formula is C25H16ClF3N2O6S3. The summed E-state index contributed by atoms with van der Waals surface area (Å²) in [6, 6.07) is 19.4. The van der Waals surface area contributed by atoms with Crippen molar-refractivity contribution in [2.45, 2.75) is 15.5 Å². The molecule has 3 aromatic carbocycles. The summed E-state index contributed by atoms with van der Waals surface area (Å²) in [6.45, 7) is 0. The predicted molar refractivity (Wildman–Crippen MR) is 146 cm³/mol. The van der Waals surface area contributed by atoms with E-state index < -0.39 is 37.1 Å². The van der Waals surface area contributed by atoms with E-state index in [4.69, 9.17) is 16.0 Å². The SMILES string of the molecule is O=S(=O)(Nc1cc(-c2cc3ccccc3o2)ccc1NS(=O)(=O)c1ccc(Cl)s1)c1ccc(OC(F)(F)F)cc1. The number of nitrogens with one attached hydrogen (secondary N) is 2. The van der Waals surface area contributed by atoms with Gasteiger partial charge in [-0.25, -0.2) is 16.8 Å². The molecule has 0 radical (unpaired) electrons. The molecule has 0 saturated carbocycles. The van der Waals surface area contributed by atoms with Gasteiger partial charge in [0.25, 0.3) is 20.0 Å². The lowest BCUT2D eigenvalue weighted by Crippen LogP contribution is -2.18. The lowest BCUT2D eigenvalue weighted by molar-refractivity contribution is -0.274. The maximum Gasteiger partial charge on any atom is 0.573 e. The third-order valence-electron chi connectivity index (χ3n) is 5.40. The molecule has 0 amide bonds. The minimum atomic E-state index is -4.95. The summed E-state index contributed by atoms with van der Waals surface area (Å²) in [5.41, 5.74) is 0.717. The Hall–Kier alpha value is -3.72. The number of sulfonamides is 2. The van der Waals surface area contributed by atoms with Crippen molar-refractivity contribution < 1.29 is 39.2 Å². The fourth-order valence-corrected chi connectivity index (χ4v) is 7.29. The van der Waals surface area contributed by atoms with Crippen LogP contribution in [0.25, 0.3) is 22.3 Å². The molecule has 0 atom stereocenters. The predicted octanol–water partition coefficient (Wildman–Crippen LogP) is 7.31. The van der Waals surface area contributed by atoms with Gasteiger partial charge in [-0.15, -0.1) is 24.5 Å². The Morgan fingerprint density at radius 1 is 0.800 bits per heavy atom. The zero-order chi connectivity index (χ0) is 28.7. The number of furan rings is 1. The third-order valence-corrected chi connectivity index (χ3v) is 9.87. The van der Waals surface area contributed by atoms with Crippen LogP contribution in [0.15, 0.2) is 98.5 Å². The van der Waals surface area contributed by atoms with Gasteiger partial charge in [0.2, 0.25) is 0 Å². The monoisotopic (exact) mass is 628 g/mol. The van der Waals surface area contributed by atoms with Crippen LogP contribution in [0.3, 0.4) is 0 Å². The first kappa shape index (κ1) is 27.8. The van der Waals surface area contributed by atoms with Crippen LogP contribution in [-0.4, -0.2) is 23.2 Å². The summed E-state index contributed by atoms with van der Waals surface area (Å²) >= 11 is 6.68. The van der Waals surface area contributed by atoms with E-state index in [2.05, 4.69) is 14.2 Å². The zero-order valence-electron chi connectivity index (χ0n) is 19.8. The van der Waals surface area contributed by atoms with E-state index in [0.717, 1.165) is 41.0 Å². The zero-order valence-corrected chi connectivity index (χ0v) is 23.0. The number of ether oxygens (including phenoxy) is 1. The first-order chi connectivity index (χ1) is 18.8. The van der Waals surface area contributed by atoms with Crippen molar-refractivity contribution in [2.75, 3.05) is 9.44 Å². The maximum atomic E-state index is 13.2. The molecule has 0 fully saturated rings. The van der Waals surface area contributed by atoms with Crippen molar-refractivity contribution in [1.82, 2.24) is 0 Å². The number of rotatable bonds is 8. The second-order valence-corrected chi connectivity index (χ2v) is 13.5. The van der Waals surface area contributed by atoms with Crippen molar-refractivity contribution in [2.24, 2.45) is 0 Å². The van der Waals surface area contributed by atoms with Gasteiger partial charge in [0.05, 0.1) is 20.6 Å². The number of fused-ring (bicyclic) bond motifs is 1. The largest absolute Gasteiger partial charge is 0.573 e. The fraction of sp³-hybridized carbons (Fsp3) is 0.0400. The van der Waals surface area contributed by atoms with Crippen LogP contribution in [0.2, 0.25) is 4.34 Å². The van der Waals surface area contributed by atoms with E-state index in [-0.39, 0.29) is 19.9 Å². The highest BCUT2D eigenvalue weighted by Crippen LogP contribution is 2.36. The molecule has 8 nitrogen and oxygen atoms in total. The second-order valence-electron chi connectivity index (χ2n) is 8.20. The highest BCUT2D eigenvalue weighted by Gasteiger charge is 2.31. The van der Waals surface area contributed by atoms with E-state index in [9.17, 15) is 30.0 Å². The smallest absolute Gasteiger partial charge is 0.456 e. The molecule has 0 bridgehead atoms. The summed E-state index contributed by atoms with van der Waals surface area (Å²) in [5, 5.41) is 0.792. The van der Waals surface area contributed by atoms with E-state index in [1.807, 2.05) is 12.1 Å². The van der Waals surface area contributed by atoms with Crippen molar-refractivity contribution in [1.29, 1.82) is 0 Å². The van der Waals surface area contributed by atoms with Crippen molar-refractivity contribution in [3.05, 3.63) is 89.3 Å². The van der Waals surface area contributed by atoms with Crippen molar-refractivity contribution >= 4 is 65.3 Å². The van der Waals surface area contributed by atoms with Crippen molar-refractivity contribution in [3.63, 3.8) is 0 Å². The highest BCUT2D eigenvalue weighted by atomic mass is 35.5. The molecule has 5 aromatic rings. The van der Waals surface area contributed by atoms with Crippen LogP contribution < -0.4 is 14.2 Å². The van der Waals surface area contributed by atoms with Crippen LogP contribution in [0.5, 0.6) is 5.75 Å². The molecule has 2 aromatic heterocycles. The molecule has 0 aliphatic carbocycles. The molecule has 208 valence electrons. The Bertz CT molecular complexity index is 1890. The first-order valence-corrected chi connectivity index (χ1v) is 15.2. The van der Waals surface area contributed by atoms with Crippen LogP contribution in [-0.2, 0) is 20.0 Å². The molecule has 0 unspecified atom stereocenters. The van der Waals surface area contributed by atoms with Crippen LogP contribution in [0.4, 0.5) is 24.5 Å². The molecule has 0 aliphatic heterocycles. The number of hydrogen-bond donors (Lipinski definition) is 2. The lowest BCUT2D eigenvalue weighted by Gasteiger charge is -2.16. The molecule has 0 saturated heterocycles. The van der Waals surface area contributed by atoms with E-state index in [1.165, 1.54) is 30.3 Å². The van der Waals surface area contributed by atoms with Gasteiger partial charge in [0.1, 0.15) is 21.3 Å². The number of anilines is 2. The molecule has 40 heavy (non-hydrogen) atoms. The summed E-state index contributed by atoms with van der Waals surface area (Å²) in [7, 11) is -8.56. The Morgan fingerprint density at radius 2 is 1.50 bits per heavy atom. The van der Waals surface area contributed by atoms with Crippen LogP contribution >= 0.6 is 22.9 Å². The van der Waals surface area contributed by atoms with E-state index in [0.29, 0.717) is 16.9 Å². The van der Waals surface area contributed by atoms with E-state index >= 15 is 0 Å². The van der Waals surface area contributed by atoms with Gasteiger partial charge in [-0.3, -0.25) is 9.44 Å². The number of para-hydroxylation sites is 1.